The van der Waals surface area contributed by atoms with Crippen molar-refractivity contribution < 1.29 is 4.74 Å². The molecule has 0 spiro atoms. The quantitative estimate of drug-likeness (QED) is 0.681. The van der Waals surface area contributed by atoms with Gasteiger partial charge in [0.2, 0.25) is 0 Å². The van der Waals surface area contributed by atoms with E-state index in [1.54, 1.807) is 12.4 Å². The van der Waals surface area contributed by atoms with Crippen LogP contribution in [-0.4, -0.2) is 24.4 Å². The Morgan fingerprint density at radius 2 is 2.28 bits per heavy atom. The van der Waals surface area contributed by atoms with Gasteiger partial charge in [-0.2, -0.15) is 10.5 Å². The molecular weight excluding hydrogens is 228 g/mol. The number of hydrogen-bond donors (Lipinski definition) is 0. The highest BCUT2D eigenvalue weighted by molar-refractivity contribution is 5.56. The highest BCUT2D eigenvalue weighted by Crippen LogP contribution is 2.39. The number of anilines is 1. The van der Waals surface area contributed by atoms with Gasteiger partial charge in [0, 0.05) is 37.5 Å². The van der Waals surface area contributed by atoms with Crippen molar-refractivity contribution >= 4 is 5.69 Å². The molecule has 1 fully saturated rings. The zero-order chi connectivity index (χ0) is 12.6. The summed E-state index contributed by atoms with van der Waals surface area (Å²) in [5.74, 6) is 0. The molecule has 1 atom stereocenters. The molecule has 1 unspecified atom stereocenters. The minimum Gasteiger partial charge on any atom is -0.356 e. The topological polar surface area (TPSA) is 72.9 Å². The third kappa shape index (κ3) is 1.53. The average Bonchev–Trinajstić information content (AvgIpc) is 2.81. The second kappa shape index (κ2) is 3.97. The van der Waals surface area contributed by atoms with Crippen molar-refractivity contribution in [1.82, 2.24) is 4.98 Å². The molecule has 1 aromatic rings. The van der Waals surface area contributed by atoms with E-state index in [9.17, 15) is 10.5 Å². The van der Waals surface area contributed by atoms with Crippen LogP contribution >= 0.6 is 0 Å². The van der Waals surface area contributed by atoms with Crippen molar-refractivity contribution in [2.45, 2.75) is 19.1 Å². The van der Waals surface area contributed by atoms with E-state index in [0.717, 1.165) is 17.8 Å². The van der Waals surface area contributed by atoms with Gasteiger partial charge < -0.3 is 9.64 Å². The second-order valence-electron chi connectivity index (χ2n) is 4.71. The minimum atomic E-state index is -1.01. The Hall–Kier alpha value is -2.11. The fourth-order valence-corrected chi connectivity index (χ4v) is 2.69. The highest BCUT2D eigenvalue weighted by atomic mass is 16.5. The molecule has 0 aromatic carbocycles. The van der Waals surface area contributed by atoms with Crippen molar-refractivity contribution in [1.29, 1.82) is 10.5 Å². The van der Waals surface area contributed by atoms with Crippen LogP contribution in [0.5, 0.6) is 0 Å². The van der Waals surface area contributed by atoms with Crippen LogP contribution in [0, 0.1) is 28.1 Å². The number of aromatic nitrogens is 1. The van der Waals surface area contributed by atoms with E-state index in [1.807, 2.05) is 6.07 Å². The third-order valence-corrected chi connectivity index (χ3v) is 3.62. The first-order chi connectivity index (χ1) is 8.78. The summed E-state index contributed by atoms with van der Waals surface area (Å²) in [5, 5.41) is 18.7. The Balaban J connectivity index is 2.12. The summed E-state index contributed by atoms with van der Waals surface area (Å²) in [6, 6.07) is 6.26. The monoisotopic (exact) mass is 240 g/mol. The molecule has 2 aliphatic heterocycles. The highest BCUT2D eigenvalue weighted by Gasteiger charge is 2.42. The van der Waals surface area contributed by atoms with Crippen LogP contribution in [0.2, 0.25) is 0 Å². The van der Waals surface area contributed by atoms with Crippen molar-refractivity contribution in [3.63, 3.8) is 0 Å². The number of pyridine rings is 1. The van der Waals surface area contributed by atoms with E-state index in [1.165, 1.54) is 0 Å². The summed E-state index contributed by atoms with van der Waals surface area (Å²) < 4.78 is 5.66. The zero-order valence-electron chi connectivity index (χ0n) is 9.83. The van der Waals surface area contributed by atoms with Gasteiger partial charge in [-0.05, 0) is 11.6 Å². The second-order valence-corrected chi connectivity index (χ2v) is 4.71. The van der Waals surface area contributed by atoms with E-state index in [0.29, 0.717) is 19.4 Å². The van der Waals surface area contributed by atoms with E-state index in [2.05, 4.69) is 22.0 Å². The van der Waals surface area contributed by atoms with E-state index < -0.39 is 5.41 Å². The van der Waals surface area contributed by atoms with Crippen molar-refractivity contribution in [3.05, 3.63) is 24.0 Å². The Kier molecular flexibility index (Phi) is 2.43. The Bertz CT molecular complexity index is 543. The molecule has 0 amide bonds. The van der Waals surface area contributed by atoms with Crippen LogP contribution in [-0.2, 0) is 11.2 Å². The van der Waals surface area contributed by atoms with E-state index in [4.69, 9.17) is 4.74 Å². The summed E-state index contributed by atoms with van der Waals surface area (Å²) in [6.07, 6.45) is 4.15. The van der Waals surface area contributed by atoms with Crippen molar-refractivity contribution in [2.24, 2.45) is 5.41 Å². The van der Waals surface area contributed by atoms with Gasteiger partial charge in [-0.25, -0.2) is 0 Å². The number of nitrogens with zero attached hydrogens (tertiary/aromatic N) is 4. The Morgan fingerprint density at radius 1 is 1.44 bits per heavy atom. The first-order valence-electron chi connectivity index (χ1n) is 5.92. The van der Waals surface area contributed by atoms with Crippen LogP contribution < -0.4 is 4.90 Å². The van der Waals surface area contributed by atoms with Gasteiger partial charge in [0.15, 0.2) is 5.41 Å². The molecule has 0 bridgehead atoms. The first kappa shape index (κ1) is 11.0. The lowest BCUT2D eigenvalue weighted by atomic mass is 9.82. The van der Waals surface area contributed by atoms with Gasteiger partial charge in [-0.15, -0.1) is 0 Å². The molecule has 0 N–H and O–H groups in total. The van der Waals surface area contributed by atoms with Gasteiger partial charge in [0.1, 0.15) is 6.23 Å². The SMILES string of the molecule is N#CC1(C#N)Cc2cnccc2N2CCOC2C1. The molecule has 90 valence electrons. The Labute approximate surface area is 105 Å². The molecule has 3 rings (SSSR count). The van der Waals surface area contributed by atoms with Gasteiger partial charge in [0.05, 0.1) is 18.7 Å². The summed E-state index contributed by atoms with van der Waals surface area (Å²) in [7, 11) is 0. The standard InChI is InChI=1S/C13H12N4O/c14-8-13(9-15)5-10-7-16-2-1-11(10)17-3-4-18-12(17)6-13/h1-2,7,12H,3-6H2. The molecule has 1 aromatic heterocycles. The fourth-order valence-electron chi connectivity index (χ4n) is 2.69. The summed E-state index contributed by atoms with van der Waals surface area (Å²) in [4.78, 5) is 6.23. The third-order valence-electron chi connectivity index (χ3n) is 3.62. The molecule has 0 aliphatic carbocycles. The van der Waals surface area contributed by atoms with Gasteiger partial charge >= 0.3 is 0 Å². The number of nitriles is 2. The van der Waals surface area contributed by atoms with E-state index >= 15 is 0 Å². The molecule has 2 aliphatic rings. The van der Waals surface area contributed by atoms with Crippen LogP contribution in [0.3, 0.4) is 0 Å². The maximum Gasteiger partial charge on any atom is 0.152 e. The van der Waals surface area contributed by atoms with Gasteiger partial charge in [-0.3, -0.25) is 4.98 Å². The van der Waals surface area contributed by atoms with Crippen molar-refractivity contribution in [3.8, 4) is 12.1 Å². The van der Waals surface area contributed by atoms with Crippen LogP contribution in [0.15, 0.2) is 18.5 Å². The first-order valence-corrected chi connectivity index (χ1v) is 5.92. The molecular formula is C13H12N4O. The fraction of sp³-hybridized carbons (Fsp3) is 0.462. The largest absolute Gasteiger partial charge is 0.356 e. The molecule has 0 saturated carbocycles. The van der Waals surface area contributed by atoms with Gasteiger partial charge in [-0.1, -0.05) is 0 Å². The lowest BCUT2D eigenvalue weighted by molar-refractivity contribution is 0.0904. The molecule has 1 saturated heterocycles. The number of hydrogen-bond acceptors (Lipinski definition) is 5. The number of fused-ring (bicyclic) bond motifs is 3. The summed E-state index contributed by atoms with van der Waals surface area (Å²) in [5.41, 5.74) is 0.982. The molecule has 5 heteroatoms. The lowest BCUT2D eigenvalue weighted by Crippen LogP contribution is -2.33. The van der Waals surface area contributed by atoms with Crippen LogP contribution in [0.1, 0.15) is 12.0 Å². The maximum absolute atomic E-state index is 9.35. The van der Waals surface area contributed by atoms with Crippen LogP contribution in [0.25, 0.3) is 0 Å². The average molecular weight is 240 g/mol. The molecule has 3 heterocycles. The lowest BCUT2D eigenvalue weighted by Gasteiger charge is -2.25. The Morgan fingerprint density at radius 3 is 3.06 bits per heavy atom. The zero-order valence-corrected chi connectivity index (χ0v) is 9.83. The van der Waals surface area contributed by atoms with E-state index in [-0.39, 0.29) is 6.23 Å². The number of ether oxygens (including phenoxy) is 1. The summed E-state index contributed by atoms with van der Waals surface area (Å²) in [6.45, 7) is 1.44. The maximum atomic E-state index is 9.35. The molecule has 18 heavy (non-hydrogen) atoms. The predicted molar refractivity (Wildman–Crippen MR) is 63.3 cm³/mol. The van der Waals surface area contributed by atoms with Gasteiger partial charge in [0.25, 0.3) is 0 Å². The van der Waals surface area contributed by atoms with Crippen molar-refractivity contribution in [2.75, 3.05) is 18.1 Å². The number of rotatable bonds is 0. The molecule has 5 nitrogen and oxygen atoms in total. The normalized spacial score (nSPS) is 24.3. The predicted octanol–water partition coefficient (Wildman–Crippen LogP) is 1.22. The molecule has 0 radical (unpaired) electrons. The summed E-state index contributed by atoms with van der Waals surface area (Å²) >= 11 is 0. The minimum absolute atomic E-state index is 0.173. The van der Waals surface area contributed by atoms with Crippen LogP contribution in [0.4, 0.5) is 5.69 Å². The smallest absolute Gasteiger partial charge is 0.152 e.